The first-order valence-corrected chi connectivity index (χ1v) is 13.5. The number of hydrogen-bond donors (Lipinski definition) is 0. The van der Waals surface area contributed by atoms with Gasteiger partial charge in [-0.3, -0.25) is 0 Å². The minimum atomic E-state index is -0.945. The minimum Gasteiger partial charge on any atom is -0.457 e. The maximum Gasteiger partial charge on any atom is 0.422 e. The molecular formula is C29H48O4. The zero-order valence-corrected chi connectivity index (χ0v) is 21.5. The Balaban J connectivity index is 1.93. The third kappa shape index (κ3) is 14.8. The molecular weight excluding hydrogens is 412 g/mol. The van der Waals surface area contributed by atoms with Crippen LogP contribution in [0.15, 0.2) is 24.3 Å². The van der Waals surface area contributed by atoms with Gasteiger partial charge in [-0.1, -0.05) is 135 Å². The fraction of sp³-hybridized carbons (Fsp3) is 0.724. The molecule has 0 unspecified atom stereocenters. The van der Waals surface area contributed by atoms with Gasteiger partial charge in [-0.15, -0.1) is 0 Å². The van der Waals surface area contributed by atoms with Gasteiger partial charge in [0.2, 0.25) is 0 Å². The Hall–Kier alpha value is -1.84. The maximum absolute atomic E-state index is 12.0. The van der Waals surface area contributed by atoms with Crippen molar-refractivity contribution in [1.29, 1.82) is 0 Å². The Labute approximate surface area is 202 Å². The van der Waals surface area contributed by atoms with Gasteiger partial charge in [-0.05, 0) is 24.0 Å². The average molecular weight is 461 g/mol. The molecule has 0 aliphatic carbocycles. The molecule has 0 aliphatic rings. The summed E-state index contributed by atoms with van der Waals surface area (Å²) in [7, 11) is 0. The summed E-state index contributed by atoms with van der Waals surface area (Å²) in [5.41, 5.74) is 0.899. The number of esters is 2. The molecule has 0 amide bonds. The number of ether oxygens (including phenoxy) is 2. The van der Waals surface area contributed by atoms with Crippen molar-refractivity contribution in [2.24, 2.45) is 0 Å². The van der Waals surface area contributed by atoms with Crippen LogP contribution in [0.25, 0.3) is 0 Å². The van der Waals surface area contributed by atoms with E-state index in [0.717, 1.165) is 24.8 Å². The Bertz CT molecular complexity index is 638. The lowest BCUT2D eigenvalue weighted by Gasteiger charge is -2.12. The quantitative estimate of drug-likeness (QED) is 0.0898. The summed E-state index contributed by atoms with van der Waals surface area (Å²) in [6.45, 7) is 6.58. The van der Waals surface area contributed by atoms with Crippen molar-refractivity contribution >= 4 is 11.9 Å². The molecule has 0 saturated carbocycles. The molecule has 0 heterocycles. The molecule has 0 aromatic heterocycles. The van der Waals surface area contributed by atoms with Crippen molar-refractivity contribution in [3.8, 4) is 5.75 Å². The Morgan fingerprint density at radius 3 is 1.61 bits per heavy atom. The molecule has 0 bridgehead atoms. The molecule has 0 fully saturated rings. The highest BCUT2D eigenvalue weighted by atomic mass is 16.6. The van der Waals surface area contributed by atoms with E-state index in [0.29, 0.717) is 5.75 Å². The number of hydrogen-bond acceptors (Lipinski definition) is 4. The molecule has 4 nitrogen and oxygen atoms in total. The second kappa shape index (κ2) is 19.6. The molecule has 0 atom stereocenters. The van der Waals surface area contributed by atoms with Crippen LogP contribution in [0.3, 0.4) is 0 Å². The third-order valence-electron chi connectivity index (χ3n) is 6.14. The van der Waals surface area contributed by atoms with Crippen molar-refractivity contribution in [2.45, 2.75) is 129 Å². The number of para-hydroxylation sites is 1. The largest absolute Gasteiger partial charge is 0.457 e. The summed E-state index contributed by atoms with van der Waals surface area (Å²) < 4.78 is 10.3. The fourth-order valence-electron chi connectivity index (χ4n) is 4.07. The molecule has 0 aliphatic heterocycles. The van der Waals surface area contributed by atoms with Gasteiger partial charge in [0.25, 0.3) is 0 Å². The van der Waals surface area contributed by atoms with Gasteiger partial charge in [-0.2, -0.15) is 0 Å². The molecule has 1 aromatic rings. The third-order valence-corrected chi connectivity index (χ3v) is 6.14. The van der Waals surface area contributed by atoms with Crippen molar-refractivity contribution in [3.05, 3.63) is 29.8 Å². The average Bonchev–Trinajstić information content (AvgIpc) is 2.81. The molecule has 1 rings (SSSR count). The SMILES string of the molecule is CCCCCCCCCCCCCCCCCCOC(=O)C(=O)Oc1ccccc1C(C)C. The summed E-state index contributed by atoms with van der Waals surface area (Å²) in [6, 6.07) is 7.28. The van der Waals surface area contributed by atoms with Crippen molar-refractivity contribution in [1.82, 2.24) is 0 Å². The molecule has 0 spiro atoms. The van der Waals surface area contributed by atoms with Crippen LogP contribution in [0.4, 0.5) is 0 Å². The van der Waals surface area contributed by atoms with E-state index in [-0.39, 0.29) is 12.5 Å². The van der Waals surface area contributed by atoms with Gasteiger partial charge >= 0.3 is 11.9 Å². The fourth-order valence-corrected chi connectivity index (χ4v) is 4.07. The predicted octanol–water partition coefficient (Wildman–Crippen LogP) is 8.52. The van der Waals surface area contributed by atoms with Crippen LogP contribution in [0, 0.1) is 0 Å². The van der Waals surface area contributed by atoms with E-state index in [4.69, 9.17) is 9.47 Å². The van der Waals surface area contributed by atoms with Crippen molar-refractivity contribution in [3.63, 3.8) is 0 Å². The molecule has 188 valence electrons. The number of carbonyl (C=O) groups excluding carboxylic acids is 2. The maximum atomic E-state index is 12.0. The van der Waals surface area contributed by atoms with Gasteiger partial charge < -0.3 is 9.47 Å². The highest BCUT2D eigenvalue weighted by molar-refractivity contribution is 6.30. The van der Waals surface area contributed by atoms with Crippen LogP contribution >= 0.6 is 0 Å². The van der Waals surface area contributed by atoms with Crippen LogP contribution in [0.2, 0.25) is 0 Å². The number of unbranched alkanes of at least 4 members (excludes halogenated alkanes) is 15. The van der Waals surface area contributed by atoms with Gasteiger partial charge in [0.1, 0.15) is 5.75 Å². The van der Waals surface area contributed by atoms with E-state index < -0.39 is 11.9 Å². The van der Waals surface area contributed by atoms with Gasteiger partial charge in [0, 0.05) is 0 Å². The lowest BCUT2D eigenvalue weighted by Crippen LogP contribution is -2.24. The predicted molar refractivity (Wildman–Crippen MR) is 137 cm³/mol. The van der Waals surface area contributed by atoms with Crippen LogP contribution in [0.1, 0.15) is 135 Å². The first kappa shape index (κ1) is 29.2. The van der Waals surface area contributed by atoms with Crippen molar-refractivity contribution < 1.29 is 19.1 Å². The normalized spacial score (nSPS) is 11.0. The molecule has 0 radical (unpaired) electrons. The number of benzene rings is 1. The first-order chi connectivity index (χ1) is 16.1. The van der Waals surface area contributed by atoms with E-state index in [1.165, 1.54) is 83.5 Å². The van der Waals surface area contributed by atoms with E-state index in [9.17, 15) is 9.59 Å². The van der Waals surface area contributed by atoms with E-state index >= 15 is 0 Å². The lowest BCUT2D eigenvalue weighted by atomic mass is 10.0. The van der Waals surface area contributed by atoms with Crippen LogP contribution in [0.5, 0.6) is 5.75 Å². The van der Waals surface area contributed by atoms with E-state index in [1.807, 2.05) is 26.0 Å². The van der Waals surface area contributed by atoms with E-state index in [1.54, 1.807) is 12.1 Å². The zero-order chi connectivity index (χ0) is 24.2. The molecule has 33 heavy (non-hydrogen) atoms. The smallest absolute Gasteiger partial charge is 0.422 e. The topological polar surface area (TPSA) is 52.6 Å². The van der Waals surface area contributed by atoms with Crippen LogP contribution in [-0.2, 0) is 14.3 Å². The summed E-state index contributed by atoms with van der Waals surface area (Å²) >= 11 is 0. The Morgan fingerprint density at radius 2 is 1.12 bits per heavy atom. The second-order valence-corrected chi connectivity index (χ2v) is 9.52. The molecule has 4 heteroatoms. The highest BCUT2D eigenvalue weighted by Crippen LogP contribution is 2.26. The van der Waals surface area contributed by atoms with Crippen LogP contribution in [-0.4, -0.2) is 18.5 Å². The van der Waals surface area contributed by atoms with Gasteiger partial charge in [0.05, 0.1) is 6.61 Å². The first-order valence-electron chi connectivity index (χ1n) is 13.5. The lowest BCUT2D eigenvalue weighted by molar-refractivity contribution is -0.162. The Morgan fingerprint density at radius 1 is 0.667 bits per heavy atom. The monoisotopic (exact) mass is 460 g/mol. The highest BCUT2D eigenvalue weighted by Gasteiger charge is 2.20. The number of rotatable bonds is 19. The van der Waals surface area contributed by atoms with Gasteiger partial charge in [-0.25, -0.2) is 9.59 Å². The standard InChI is InChI=1S/C29H48O4/c1-4-5-6-7-8-9-10-11-12-13-14-15-16-17-18-21-24-32-28(30)29(31)33-27-23-20-19-22-26(27)25(2)3/h19-20,22-23,25H,4-18,21,24H2,1-3H3. The second-order valence-electron chi connectivity index (χ2n) is 9.52. The zero-order valence-electron chi connectivity index (χ0n) is 21.5. The summed E-state index contributed by atoms with van der Waals surface area (Å²) in [5, 5.41) is 0. The van der Waals surface area contributed by atoms with Gasteiger partial charge in [0.15, 0.2) is 0 Å². The summed E-state index contributed by atoms with van der Waals surface area (Å²) in [6.07, 6.45) is 20.8. The van der Waals surface area contributed by atoms with Crippen LogP contribution < -0.4 is 4.74 Å². The number of carbonyl (C=O) groups is 2. The summed E-state index contributed by atoms with van der Waals surface area (Å²) in [5.74, 6) is -1.22. The van der Waals surface area contributed by atoms with E-state index in [2.05, 4.69) is 6.92 Å². The Kier molecular flexibility index (Phi) is 17.4. The minimum absolute atomic E-state index is 0.204. The molecule has 0 saturated heterocycles. The summed E-state index contributed by atoms with van der Waals surface area (Å²) in [4.78, 5) is 23.9. The van der Waals surface area contributed by atoms with Crippen molar-refractivity contribution in [2.75, 3.05) is 6.61 Å². The molecule has 1 aromatic carbocycles. The molecule has 0 N–H and O–H groups in total.